The van der Waals surface area contributed by atoms with E-state index in [1.165, 1.54) is 0 Å². The molecule has 0 unspecified atom stereocenters. The number of halogens is 1. The van der Waals surface area contributed by atoms with Crippen molar-refractivity contribution in [1.82, 2.24) is 5.32 Å². The summed E-state index contributed by atoms with van der Waals surface area (Å²) in [6, 6.07) is 0. The van der Waals surface area contributed by atoms with Crippen molar-refractivity contribution in [3.63, 3.8) is 0 Å². The maximum absolute atomic E-state index is 11.0. The van der Waals surface area contributed by atoms with Gasteiger partial charge in [0.2, 0.25) is 11.1 Å². The molecule has 13 heavy (non-hydrogen) atoms. The number of nitrogens with one attached hydrogen (secondary N) is 1. The summed E-state index contributed by atoms with van der Waals surface area (Å²) in [4.78, 5) is 21.3. The molecule has 3 nitrogen and oxygen atoms in total. The number of hydrogen-bond acceptors (Lipinski definition) is 2. The standard InChI is InChI=1S/C9H16ClNO2/c1-2-3-6-9(13)11-7-4-5-8(10)12/h2-7H2,1H3,(H,11,13). The first-order valence-corrected chi connectivity index (χ1v) is 4.99. The Morgan fingerprint density at radius 1 is 1.23 bits per heavy atom. The third-order valence-corrected chi connectivity index (χ3v) is 1.82. The van der Waals surface area contributed by atoms with Crippen LogP contribution in [0.3, 0.4) is 0 Å². The van der Waals surface area contributed by atoms with Gasteiger partial charge in [-0.15, -0.1) is 0 Å². The molecule has 0 atom stereocenters. The minimum Gasteiger partial charge on any atom is -0.356 e. The first kappa shape index (κ1) is 12.4. The molecule has 0 aliphatic heterocycles. The van der Waals surface area contributed by atoms with Crippen molar-refractivity contribution in [3.05, 3.63) is 0 Å². The molecule has 0 saturated heterocycles. The van der Waals surface area contributed by atoms with Crippen LogP contribution in [-0.4, -0.2) is 17.7 Å². The van der Waals surface area contributed by atoms with Gasteiger partial charge in [-0.2, -0.15) is 0 Å². The molecule has 1 N–H and O–H groups in total. The molecule has 0 aliphatic rings. The monoisotopic (exact) mass is 205 g/mol. The van der Waals surface area contributed by atoms with Crippen LogP contribution in [0.2, 0.25) is 0 Å². The Hall–Kier alpha value is -0.570. The quantitative estimate of drug-likeness (QED) is 0.509. The number of unbranched alkanes of at least 4 members (excludes halogenated alkanes) is 1. The van der Waals surface area contributed by atoms with Crippen LogP contribution in [0.5, 0.6) is 0 Å². The van der Waals surface area contributed by atoms with Crippen molar-refractivity contribution in [2.75, 3.05) is 6.54 Å². The molecule has 0 saturated carbocycles. The Morgan fingerprint density at radius 2 is 1.92 bits per heavy atom. The summed E-state index contributed by atoms with van der Waals surface area (Å²) in [5.74, 6) is 0.0591. The van der Waals surface area contributed by atoms with Gasteiger partial charge >= 0.3 is 0 Å². The van der Waals surface area contributed by atoms with Crippen LogP contribution >= 0.6 is 11.6 Å². The summed E-state index contributed by atoms with van der Waals surface area (Å²) in [5.41, 5.74) is 0. The van der Waals surface area contributed by atoms with Crippen molar-refractivity contribution < 1.29 is 9.59 Å². The maximum Gasteiger partial charge on any atom is 0.221 e. The highest BCUT2D eigenvalue weighted by molar-refractivity contribution is 6.63. The van der Waals surface area contributed by atoms with Gasteiger partial charge < -0.3 is 5.32 Å². The second-order valence-corrected chi connectivity index (χ2v) is 3.33. The Labute approximate surface area is 83.8 Å². The van der Waals surface area contributed by atoms with E-state index < -0.39 is 0 Å². The van der Waals surface area contributed by atoms with Crippen molar-refractivity contribution in [1.29, 1.82) is 0 Å². The van der Waals surface area contributed by atoms with E-state index in [-0.39, 0.29) is 11.1 Å². The molecule has 1 amide bonds. The van der Waals surface area contributed by atoms with Gasteiger partial charge in [0.15, 0.2) is 0 Å². The van der Waals surface area contributed by atoms with Gasteiger partial charge in [-0.05, 0) is 24.4 Å². The Kier molecular flexibility index (Phi) is 7.69. The number of rotatable bonds is 7. The molecule has 0 radical (unpaired) electrons. The summed E-state index contributed by atoms with van der Waals surface area (Å²) < 4.78 is 0. The zero-order chi connectivity index (χ0) is 10.1. The highest BCUT2D eigenvalue weighted by atomic mass is 35.5. The smallest absolute Gasteiger partial charge is 0.221 e. The molecule has 0 heterocycles. The molecule has 0 fully saturated rings. The van der Waals surface area contributed by atoms with Crippen molar-refractivity contribution in [3.8, 4) is 0 Å². The van der Waals surface area contributed by atoms with Gasteiger partial charge in [0.05, 0.1) is 0 Å². The summed E-state index contributed by atoms with van der Waals surface area (Å²) in [6.07, 6.45) is 3.47. The molecule has 0 rings (SSSR count). The van der Waals surface area contributed by atoms with Crippen LogP contribution < -0.4 is 5.32 Å². The lowest BCUT2D eigenvalue weighted by molar-refractivity contribution is -0.121. The van der Waals surface area contributed by atoms with Gasteiger partial charge in [0.25, 0.3) is 0 Å². The van der Waals surface area contributed by atoms with Crippen LogP contribution in [0.1, 0.15) is 39.0 Å². The van der Waals surface area contributed by atoms with Gasteiger partial charge in [-0.1, -0.05) is 13.3 Å². The minimum absolute atomic E-state index is 0.0591. The summed E-state index contributed by atoms with van der Waals surface area (Å²) in [5, 5.41) is 2.38. The van der Waals surface area contributed by atoms with Gasteiger partial charge in [0, 0.05) is 19.4 Å². The highest BCUT2D eigenvalue weighted by Gasteiger charge is 2.00. The van der Waals surface area contributed by atoms with Crippen molar-refractivity contribution in [2.24, 2.45) is 0 Å². The van der Waals surface area contributed by atoms with E-state index in [2.05, 4.69) is 5.32 Å². The van der Waals surface area contributed by atoms with Gasteiger partial charge in [-0.3, -0.25) is 9.59 Å². The van der Waals surface area contributed by atoms with E-state index in [1.807, 2.05) is 6.92 Å². The predicted octanol–water partition coefficient (Wildman–Crippen LogP) is 1.84. The van der Waals surface area contributed by atoms with E-state index in [0.29, 0.717) is 25.8 Å². The second-order valence-electron chi connectivity index (χ2n) is 2.91. The van der Waals surface area contributed by atoms with E-state index in [4.69, 9.17) is 11.6 Å². The molecule has 4 heteroatoms. The van der Waals surface area contributed by atoms with E-state index in [9.17, 15) is 9.59 Å². The van der Waals surface area contributed by atoms with Crippen LogP contribution in [0.4, 0.5) is 0 Å². The molecular formula is C9H16ClNO2. The summed E-state index contributed by atoms with van der Waals surface area (Å²) in [6.45, 7) is 2.58. The van der Waals surface area contributed by atoms with E-state index in [0.717, 1.165) is 12.8 Å². The topological polar surface area (TPSA) is 46.2 Å². The van der Waals surface area contributed by atoms with E-state index in [1.54, 1.807) is 0 Å². The lowest BCUT2D eigenvalue weighted by Gasteiger charge is -2.02. The number of carbonyl (C=O) groups is 2. The first-order valence-electron chi connectivity index (χ1n) is 4.61. The lowest BCUT2D eigenvalue weighted by Crippen LogP contribution is -2.24. The molecule has 0 aromatic carbocycles. The Bertz CT molecular complexity index is 171. The van der Waals surface area contributed by atoms with Crippen LogP contribution in [0, 0.1) is 0 Å². The first-order chi connectivity index (χ1) is 6.16. The SMILES string of the molecule is CCCCC(=O)NCCCC(=O)Cl. The van der Waals surface area contributed by atoms with Crippen molar-refractivity contribution >= 4 is 22.8 Å². The average molecular weight is 206 g/mol. The van der Waals surface area contributed by atoms with E-state index >= 15 is 0 Å². The molecule has 0 bridgehead atoms. The summed E-state index contributed by atoms with van der Waals surface area (Å²) >= 11 is 5.13. The molecule has 0 aromatic rings. The number of carbonyl (C=O) groups excluding carboxylic acids is 2. The number of hydrogen-bond donors (Lipinski definition) is 1. The van der Waals surface area contributed by atoms with Gasteiger partial charge in [-0.25, -0.2) is 0 Å². The zero-order valence-electron chi connectivity index (χ0n) is 7.94. The van der Waals surface area contributed by atoms with Crippen LogP contribution in [0.25, 0.3) is 0 Å². The fourth-order valence-electron chi connectivity index (χ4n) is 0.881. The van der Waals surface area contributed by atoms with Crippen LogP contribution in [-0.2, 0) is 9.59 Å². The third kappa shape index (κ3) is 9.34. The fraction of sp³-hybridized carbons (Fsp3) is 0.778. The Balaban J connectivity index is 3.22. The number of amides is 1. The highest BCUT2D eigenvalue weighted by Crippen LogP contribution is 1.95. The predicted molar refractivity (Wildman–Crippen MR) is 52.6 cm³/mol. The van der Waals surface area contributed by atoms with Gasteiger partial charge in [0.1, 0.15) is 0 Å². The minimum atomic E-state index is -0.345. The molecule has 76 valence electrons. The third-order valence-electron chi connectivity index (χ3n) is 1.63. The zero-order valence-corrected chi connectivity index (χ0v) is 8.69. The summed E-state index contributed by atoms with van der Waals surface area (Å²) in [7, 11) is 0. The molecule has 0 aromatic heterocycles. The second kappa shape index (κ2) is 8.05. The molecular weight excluding hydrogens is 190 g/mol. The molecule has 0 aliphatic carbocycles. The molecule has 0 spiro atoms. The maximum atomic E-state index is 11.0. The fourth-order valence-corrected chi connectivity index (χ4v) is 1.01. The Morgan fingerprint density at radius 3 is 2.46 bits per heavy atom. The van der Waals surface area contributed by atoms with Crippen LogP contribution in [0.15, 0.2) is 0 Å². The lowest BCUT2D eigenvalue weighted by atomic mass is 10.2. The average Bonchev–Trinajstić information content (AvgIpc) is 2.08. The van der Waals surface area contributed by atoms with Crippen molar-refractivity contribution in [2.45, 2.75) is 39.0 Å². The normalized spacial score (nSPS) is 9.69. The largest absolute Gasteiger partial charge is 0.356 e.